The molecule has 0 aromatic heterocycles. The number of ether oxygens (including phenoxy) is 1. The van der Waals surface area contributed by atoms with Gasteiger partial charge in [-0.25, -0.2) is 0 Å². The number of halogens is 1. The Labute approximate surface area is 223 Å². The highest BCUT2D eigenvalue weighted by Crippen LogP contribution is 2.26. The highest BCUT2D eigenvalue weighted by molar-refractivity contribution is 9.10. The third kappa shape index (κ3) is 8.23. The van der Waals surface area contributed by atoms with Gasteiger partial charge in [0.05, 0.1) is 4.47 Å². The molecule has 5 nitrogen and oxygen atoms in total. The van der Waals surface area contributed by atoms with E-state index in [0.717, 1.165) is 22.0 Å². The molecule has 3 rings (SSSR count). The first-order valence-electron chi connectivity index (χ1n) is 12.3. The van der Waals surface area contributed by atoms with Crippen LogP contribution in [-0.4, -0.2) is 34.9 Å². The summed E-state index contributed by atoms with van der Waals surface area (Å²) in [6.45, 7) is 8.03. The van der Waals surface area contributed by atoms with Crippen LogP contribution in [0.1, 0.15) is 44.4 Å². The zero-order valence-electron chi connectivity index (χ0n) is 21.5. The first-order valence-corrected chi connectivity index (χ1v) is 13.1. The zero-order chi connectivity index (χ0) is 26.1. The molecule has 190 valence electrons. The number of carbonyl (C=O) groups excluding carboxylic acids is 2. The van der Waals surface area contributed by atoms with E-state index >= 15 is 0 Å². The first kappa shape index (κ1) is 27.5. The number of nitrogens with zero attached hydrogens (tertiary/aromatic N) is 1. The van der Waals surface area contributed by atoms with E-state index in [0.29, 0.717) is 18.7 Å². The molecule has 0 aliphatic heterocycles. The van der Waals surface area contributed by atoms with Gasteiger partial charge in [0.15, 0.2) is 6.61 Å². The third-order valence-electron chi connectivity index (χ3n) is 5.72. The number of carbonyl (C=O) groups is 2. The summed E-state index contributed by atoms with van der Waals surface area (Å²) in [5.74, 6) is 0.151. The van der Waals surface area contributed by atoms with Crippen molar-refractivity contribution in [3.63, 3.8) is 0 Å². The third-order valence-corrected chi connectivity index (χ3v) is 6.34. The lowest BCUT2D eigenvalue weighted by Gasteiger charge is -2.33. The van der Waals surface area contributed by atoms with Crippen molar-refractivity contribution in [2.75, 3.05) is 6.61 Å². The standard InChI is InChI=1S/C30H35BrN2O3/c1-5-22-16-17-27(25(31)18-22)36-21-28(34)33(20-24-14-10-7-11-15-24)26(29(35)32-30(2,3)4)19-23-12-8-6-9-13-23/h6-18,26H,5,19-21H2,1-4H3,(H,32,35)/t26-/m0/s1. The minimum Gasteiger partial charge on any atom is -0.483 e. The topological polar surface area (TPSA) is 58.6 Å². The Balaban J connectivity index is 1.90. The molecule has 1 atom stereocenters. The molecule has 0 saturated carbocycles. The van der Waals surface area contributed by atoms with Crippen LogP contribution < -0.4 is 10.1 Å². The van der Waals surface area contributed by atoms with Gasteiger partial charge in [0.1, 0.15) is 11.8 Å². The van der Waals surface area contributed by atoms with Gasteiger partial charge in [-0.05, 0) is 71.9 Å². The summed E-state index contributed by atoms with van der Waals surface area (Å²) < 4.78 is 6.73. The number of amides is 2. The summed E-state index contributed by atoms with van der Waals surface area (Å²) in [6.07, 6.45) is 1.31. The van der Waals surface area contributed by atoms with Crippen molar-refractivity contribution in [3.8, 4) is 5.75 Å². The zero-order valence-corrected chi connectivity index (χ0v) is 23.0. The molecule has 36 heavy (non-hydrogen) atoms. The van der Waals surface area contributed by atoms with Crippen LogP contribution in [0, 0.1) is 0 Å². The number of hydrogen-bond acceptors (Lipinski definition) is 3. The summed E-state index contributed by atoms with van der Waals surface area (Å²) in [5, 5.41) is 3.08. The lowest BCUT2D eigenvalue weighted by molar-refractivity contribution is -0.143. The maximum Gasteiger partial charge on any atom is 0.261 e. The second-order valence-corrected chi connectivity index (χ2v) is 10.7. The van der Waals surface area contributed by atoms with Gasteiger partial charge < -0.3 is 15.0 Å². The monoisotopic (exact) mass is 550 g/mol. The summed E-state index contributed by atoms with van der Waals surface area (Å²) in [6, 6.07) is 24.7. The van der Waals surface area contributed by atoms with E-state index in [1.165, 1.54) is 5.56 Å². The van der Waals surface area contributed by atoms with Crippen molar-refractivity contribution < 1.29 is 14.3 Å². The maximum absolute atomic E-state index is 13.7. The van der Waals surface area contributed by atoms with E-state index in [1.54, 1.807) is 4.90 Å². The second-order valence-electron chi connectivity index (χ2n) is 9.86. The average Bonchev–Trinajstić information content (AvgIpc) is 2.85. The van der Waals surface area contributed by atoms with Gasteiger partial charge in [0.2, 0.25) is 5.91 Å². The molecule has 0 spiro atoms. The Hall–Kier alpha value is -3.12. The number of rotatable bonds is 10. The van der Waals surface area contributed by atoms with Crippen LogP contribution in [0.15, 0.2) is 83.3 Å². The van der Waals surface area contributed by atoms with E-state index in [4.69, 9.17) is 4.74 Å². The molecule has 0 heterocycles. The summed E-state index contributed by atoms with van der Waals surface area (Å²) >= 11 is 3.54. The van der Waals surface area contributed by atoms with Gasteiger partial charge in [-0.1, -0.05) is 73.7 Å². The van der Waals surface area contributed by atoms with Gasteiger partial charge in [-0.2, -0.15) is 0 Å². The molecule has 0 aliphatic carbocycles. The number of benzene rings is 3. The van der Waals surface area contributed by atoms with Crippen molar-refractivity contribution in [1.82, 2.24) is 10.2 Å². The first-order chi connectivity index (χ1) is 17.2. The van der Waals surface area contributed by atoms with Crippen LogP contribution in [-0.2, 0) is 29.0 Å². The van der Waals surface area contributed by atoms with Crippen molar-refractivity contribution in [2.24, 2.45) is 0 Å². The van der Waals surface area contributed by atoms with Gasteiger partial charge in [-0.3, -0.25) is 9.59 Å². The Kier molecular flexibility index (Phi) is 9.71. The SMILES string of the molecule is CCc1ccc(OCC(=O)N(Cc2ccccc2)[C@@H](Cc2ccccc2)C(=O)NC(C)(C)C)c(Br)c1. The van der Waals surface area contributed by atoms with E-state index in [2.05, 4.69) is 28.2 Å². The van der Waals surface area contributed by atoms with E-state index in [1.807, 2.05) is 99.6 Å². The molecule has 2 amide bonds. The summed E-state index contributed by atoms with van der Waals surface area (Å²) in [7, 11) is 0. The Morgan fingerprint density at radius 2 is 1.53 bits per heavy atom. The van der Waals surface area contributed by atoms with E-state index in [9.17, 15) is 9.59 Å². The Morgan fingerprint density at radius 3 is 2.08 bits per heavy atom. The van der Waals surface area contributed by atoms with Crippen LogP contribution >= 0.6 is 15.9 Å². The van der Waals surface area contributed by atoms with E-state index in [-0.39, 0.29) is 18.4 Å². The largest absolute Gasteiger partial charge is 0.483 e. The summed E-state index contributed by atoms with van der Waals surface area (Å²) in [4.78, 5) is 28.8. The normalized spacial score (nSPS) is 12.0. The molecule has 0 bridgehead atoms. The van der Waals surface area contributed by atoms with E-state index < -0.39 is 11.6 Å². The molecule has 3 aromatic rings. The maximum atomic E-state index is 13.7. The van der Waals surface area contributed by atoms with Crippen molar-refractivity contribution in [1.29, 1.82) is 0 Å². The quantitative estimate of drug-likeness (QED) is 0.339. The highest BCUT2D eigenvalue weighted by atomic mass is 79.9. The molecular formula is C30H35BrN2O3. The predicted molar refractivity (Wildman–Crippen MR) is 148 cm³/mol. The fourth-order valence-corrected chi connectivity index (χ4v) is 4.43. The average molecular weight is 552 g/mol. The smallest absolute Gasteiger partial charge is 0.261 e. The fourth-order valence-electron chi connectivity index (χ4n) is 3.89. The molecule has 0 radical (unpaired) electrons. The second kappa shape index (κ2) is 12.7. The molecular weight excluding hydrogens is 516 g/mol. The lowest BCUT2D eigenvalue weighted by Crippen LogP contribution is -2.55. The molecule has 0 unspecified atom stereocenters. The lowest BCUT2D eigenvalue weighted by atomic mass is 10.0. The minimum absolute atomic E-state index is 0.176. The number of aryl methyl sites for hydroxylation is 1. The van der Waals surface area contributed by atoms with Crippen LogP contribution in [0.5, 0.6) is 5.75 Å². The number of hydrogen-bond donors (Lipinski definition) is 1. The van der Waals surface area contributed by atoms with Crippen molar-refractivity contribution in [3.05, 3.63) is 100 Å². The van der Waals surface area contributed by atoms with Crippen molar-refractivity contribution >= 4 is 27.7 Å². The fraction of sp³-hybridized carbons (Fsp3) is 0.333. The molecule has 1 N–H and O–H groups in total. The van der Waals surface area contributed by atoms with Gasteiger partial charge in [0, 0.05) is 18.5 Å². The van der Waals surface area contributed by atoms with Crippen LogP contribution in [0.4, 0.5) is 0 Å². The molecule has 3 aromatic carbocycles. The highest BCUT2D eigenvalue weighted by Gasteiger charge is 2.32. The summed E-state index contributed by atoms with van der Waals surface area (Å²) in [5.41, 5.74) is 2.67. The Morgan fingerprint density at radius 1 is 0.917 bits per heavy atom. The van der Waals surface area contributed by atoms with Gasteiger partial charge in [0.25, 0.3) is 5.91 Å². The number of nitrogens with one attached hydrogen (secondary N) is 1. The molecule has 0 saturated heterocycles. The van der Waals surface area contributed by atoms with Crippen LogP contribution in [0.3, 0.4) is 0 Å². The minimum atomic E-state index is -0.700. The van der Waals surface area contributed by atoms with Gasteiger partial charge >= 0.3 is 0 Å². The van der Waals surface area contributed by atoms with Crippen LogP contribution in [0.2, 0.25) is 0 Å². The molecule has 6 heteroatoms. The molecule has 0 fully saturated rings. The Bertz CT molecular complexity index is 1140. The predicted octanol–water partition coefficient (Wildman–Crippen LogP) is 5.95. The van der Waals surface area contributed by atoms with Gasteiger partial charge in [-0.15, -0.1) is 0 Å². The molecule has 0 aliphatic rings. The van der Waals surface area contributed by atoms with Crippen LogP contribution in [0.25, 0.3) is 0 Å². The van der Waals surface area contributed by atoms with Crippen molar-refractivity contribution in [2.45, 2.75) is 58.7 Å².